The smallest absolute Gasteiger partial charge is 0.246 e. The zero-order chi connectivity index (χ0) is 16.2. The molecular formula is C13H20Br2N2O3S. The van der Waals surface area contributed by atoms with Crippen molar-refractivity contribution >= 4 is 47.6 Å². The van der Waals surface area contributed by atoms with Crippen molar-refractivity contribution in [1.29, 1.82) is 0 Å². The average Bonchev–Trinajstić information content (AvgIpc) is 2.32. The minimum absolute atomic E-state index is 0.0995. The van der Waals surface area contributed by atoms with Gasteiger partial charge < -0.3 is 10.5 Å². The van der Waals surface area contributed by atoms with Gasteiger partial charge in [0.15, 0.2) is 0 Å². The Morgan fingerprint density at radius 1 is 1.33 bits per heavy atom. The summed E-state index contributed by atoms with van der Waals surface area (Å²) in [6, 6.07) is 3.26. The van der Waals surface area contributed by atoms with Crippen molar-refractivity contribution in [3.05, 3.63) is 21.1 Å². The molecule has 1 rings (SSSR count). The molecule has 0 atom stereocenters. The molecule has 2 N–H and O–H groups in total. The van der Waals surface area contributed by atoms with E-state index < -0.39 is 10.0 Å². The topological polar surface area (TPSA) is 72.6 Å². The number of anilines is 1. The summed E-state index contributed by atoms with van der Waals surface area (Å²) in [5.74, 6) is 0.201. The largest absolute Gasteiger partial charge is 0.398 e. The molecule has 0 radical (unpaired) electrons. The minimum atomic E-state index is -3.69. The van der Waals surface area contributed by atoms with Crippen molar-refractivity contribution in [3.63, 3.8) is 0 Å². The van der Waals surface area contributed by atoms with Crippen molar-refractivity contribution in [1.82, 2.24) is 4.31 Å². The molecule has 0 bridgehead atoms. The highest BCUT2D eigenvalue weighted by Crippen LogP contribution is 2.33. The molecule has 0 spiro atoms. The highest BCUT2D eigenvalue weighted by Gasteiger charge is 2.29. The highest BCUT2D eigenvalue weighted by molar-refractivity contribution is 9.11. The van der Waals surface area contributed by atoms with E-state index >= 15 is 0 Å². The number of methoxy groups -OCH3 is 1. The standard InChI is InChI=1S/C13H20Br2N2O3S/c1-9(2)8-17(4-5-20-3)21(18,19)13-11(15)6-10(14)7-12(13)16/h6-7,9H,4-5,8,16H2,1-3H3. The fourth-order valence-electron chi connectivity index (χ4n) is 1.89. The molecule has 0 heterocycles. The zero-order valence-corrected chi connectivity index (χ0v) is 16.3. The van der Waals surface area contributed by atoms with Crippen LogP contribution in [0.15, 0.2) is 26.0 Å². The Labute approximate surface area is 143 Å². The molecule has 0 amide bonds. The van der Waals surface area contributed by atoms with Crippen LogP contribution >= 0.6 is 31.9 Å². The van der Waals surface area contributed by atoms with Crippen LogP contribution in [0.25, 0.3) is 0 Å². The van der Waals surface area contributed by atoms with Crippen LogP contribution in [0.2, 0.25) is 0 Å². The summed E-state index contributed by atoms with van der Waals surface area (Å²) in [5, 5.41) is 0. The van der Waals surface area contributed by atoms with E-state index in [2.05, 4.69) is 31.9 Å². The molecule has 0 saturated heterocycles. The van der Waals surface area contributed by atoms with Crippen LogP contribution in [0.1, 0.15) is 13.8 Å². The van der Waals surface area contributed by atoms with Gasteiger partial charge in [0.1, 0.15) is 4.90 Å². The number of hydrogen-bond donors (Lipinski definition) is 1. The molecule has 120 valence electrons. The van der Waals surface area contributed by atoms with Gasteiger partial charge in [0.25, 0.3) is 0 Å². The van der Waals surface area contributed by atoms with E-state index in [1.165, 1.54) is 4.31 Å². The van der Waals surface area contributed by atoms with Gasteiger partial charge >= 0.3 is 0 Å². The summed E-state index contributed by atoms with van der Waals surface area (Å²) in [5.41, 5.74) is 6.12. The second kappa shape index (κ2) is 7.92. The molecule has 1 aromatic carbocycles. The number of hydrogen-bond acceptors (Lipinski definition) is 4. The number of benzene rings is 1. The predicted octanol–water partition coefficient (Wildman–Crippen LogP) is 3.09. The van der Waals surface area contributed by atoms with Crippen molar-refractivity contribution in [2.24, 2.45) is 5.92 Å². The predicted molar refractivity (Wildman–Crippen MR) is 91.7 cm³/mol. The van der Waals surface area contributed by atoms with Gasteiger partial charge in [0.2, 0.25) is 10.0 Å². The minimum Gasteiger partial charge on any atom is -0.398 e. The van der Waals surface area contributed by atoms with E-state index in [0.29, 0.717) is 24.2 Å². The third-order valence-corrected chi connectivity index (χ3v) is 6.08. The number of nitrogen functional groups attached to an aromatic ring is 1. The quantitative estimate of drug-likeness (QED) is 0.657. The van der Waals surface area contributed by atoms with Gasteiger partial charge in [-0.2, -0.15) is 4.31 Å². The number of sulfonamides is 1. The first-order valence-electron chi connectivity index (χ1n) is 6.43. The summed E-state index contributed by atoms with van der Waals surface area (Å²) in [4.78, 5) is 0.0995. The molecule has 0 aromatic heterocycles. The van der Waals surface area contributed by atoms with E-state index in [1.807, 2.05) is 13.8 Å². The number of halogens is 2. The molecule has 0 saturated carbocycles. The zero-order valence-electron chi connectivity index (χ0n) is 12.3. The maximum atomic E-state index is 12.9. The monoisotopic (exact) mass is 442 g/mol. The summed E-state index contributed by atoms with van der Waals surface area (Å²) >= 11 is 6.58. The van der Waals surface area contributed by atoms with Crippen LogP contribution in [0, 0.1) is 5.92 Å². The van der Waals surface area contributed by atoms with E-state index in [9.17, 15) is 8.42 Å². The molecule has 1 aromatic rings. The molecule has 0 unspecified atom stereocenters. The Morgan fingerprint density at radius 2 is 1.95 bits per heavy atom. The lowest BCUT2D eigenvalue weighted by atomic mass is 10.2. The van der Waals surface area contributed by atoms with Gasteiger partial charge in [-0.1, -0.05) is 29.8 Å². The van der Waals surface area contributed by atoms with Crippen molar-refractivity contribution in [2.75, 3.05) is 32.5 Å². The Hall–Kier alpha value is -0.150. The molecule has 5 nitrogen and oxygen atoms in total. The van der Waals surface area contributed by atoms with E-state index in [4.69, 9.17) is 10.5 Å². The van der Waals surface area contributed by atoms with E-state index in [-0.39, 0.29) is 16.5 Å². The number of nitrogens with zero attached hydrogens (tertiary/aromatic N) is 1. The molecule has 21 heavy (non-hydrogen) atoms. The second-order valence-corrected chi connectivity index (χ2v) is 8.70. The first-order valence-corrected chi connectivity index (χ1v) is 9.46. The Balaban J connectivity index is 3.28. The summed E-state index contributed by atoms with van der Waals surface area (Å²) in [6.45, 7) is 4.97. The van der Waals surface area contributed by atoms with Gasteiger partial charge in [-0.05, 0) is 34.0 Å². The fourth-order valence-corrected chi connectivity index (χ4v) is 5.49. The van der Waals surface area contributed by atoms with Crippen molar-refractivity contribution in [3.8, 4) is 0 Å². The number of rotatable bonds is 7. The highest BCUT2D eigenvalue weighted by atomic mass is 79.9. The molecular weight excluding hydrogens is 424 g/mol. The van der Waals surface area contributed by atoms with Crippen LogP contribution in [-0.2, 0) is 14.8 Å². The van der Waals surface area contributed by atoms with Crippen molar-refractivity contribution in [2.45, 2.75) is 18.7 Å². The third kappa shape index (κ3) is 4.92. The van der Waals surface area contributed by atoms with Gasteiger partial charge in [-0.3, -0.25) is 0 Å². The molecule has 0 aliphatic rings. The maximum Gasteiger partial charge on any atom is 0.246 e. The lowest BCUT2D eigenvalue weighted by Gasteiger charge is -2.25. The lowest BCUT2D eigenvalue weighted by Crippen LogP contribution is -2.37. The van der Waals surface area contributed by atoms with E-state index in [1.54, 1.807) is 19.2 Å². The Morgan fingerprint density at radius 3 is 2.43 bits per heavy atom. The van der Waals surface area contributed by atoms with Crippen LogP contribution in [0.4, 0.5) is 5.69 Å². The van der Waals surface area contributed by atoms with Gasteiger partial charge in [-0.25, -0.2) is 8.42 Å². The Bertz CT molecular complexity index is 568. The third-order valence-electron chi connectivity index (χ3n) is 2.75. The van der Waals surface area contributed by atoms with Gasteiger partial charge in [0.05, 0.1) is 12.3 Å². The fraction of sp³-hybridized carbons (Fsp3) is 0.538. The lowest BCUT2D eigenvalue weighted by molar-refractivity contribution is 0.175. The first kappa shape index (κ1) is 18.9. The molecule has 0 fully saturated rings. The SMILES string of the molecule is COCCN(CC(C)C)S(=O)(=O)c1c(N)cc(Br)cc1Br. The summed E-state index contributed by atoms with van der Waals surface area (Å²) in [7, 11) is -2.14. The van der Waals surface area contributed by atoms with E-state index in [0.717, 1.165) is 4.47 Å². The number of ether oxygens (including phenoxy) is 1. The van der Waals surface area contributed by atoms with Gasteiger partial charge in [0, 0.05) is 29.1 Å². The summed E-state index contributed by atoms with van der Waals surface area (Å²) < 4.78 is 33.3. The Kier molecular flexibility index (Phi) is 7.12. The number of nitrogens with two attached hydrogens (primary N) is 1. The summed E-state index contributed by atoms with van der Waals surface area (Å²) in [6.07, 6.45) is 0. The van der Waals surface area contributed by atoms with Crippen LogP contribution in [0.5, 0.6) is 0 Å². The van der Waals surface area contributed by atoms with Crippen molar-refractivity contribution < 1.29 is 13.2 Å². The molecule has 0 aliphatic carbocycles. The average molecular weight is 444 g/mol. The van der Waals surface area contributed by atoms with Gasteiger partial charge in [-0.15, -0.1) is 0 Å². The van der Waals surface area contributed by atoms with Crippen LogP contribution in [0.3, 0.4) is 0 Å². The normalized spacial score (nSPS) is 12.3. The van der Waals surface area contributed by atoms with Crippen LogP contribution in [-0.4, -0.2) is 39.5 Å². The van der Waals surface area contributed by atoms with Crippen LogP contribution < -0.4 is 5.73 Å². The first-order chi connectivity index (χ1) is 9.70. The maximum absolute atomic E-state index is 12.9. The molecule has 0 aliphatic heterocycles. The second-order valence-electron chi connectivity index (χ2n) is 5.06. The molecule has 8 heteroatoms.